The minimum Gasteiger partial charge on any atom is -0.338 e. The van der Waals surface area contributed by atoms with Crippen LogP contribution in [-0.2, 0) is 18.1 Å². The van der Waals surface area contributed by atoms with Crippen LogP contribution in [0.4, 0.5) is 18.0 Å². The van der Waals surface area contributed by atoms with Crippen LogP contribution < -0.4 is 10.6 Å². The Kier molecular flexibility index (Phi) is 6.40. The average molecular weight is 413 g/mol. The number of pyridine rings is 1. The van der Waals surface area contributed by atoms with Crippen molar-refractivity contribution in [3.8, 4) is 0 Å². The van der Waals surface area contributed by atoms with E-state index in [-0.39, 0.29) is 6.42 Å². The average Bonchev–Trinajstić information content (AvgIpc) is 2.74. The summed E-state index contributed by atoms with van der Waals surface area (Å²) < 4.78 is 40.4. The van der Waals surface area contributed by atoms with Crippen LogP contribution in [0.1, 0.15) is 29.3 Å². The third kappa shape index (κ3) is 4.79. The molecule has 1 atom stereocenters. The molecule has 4 nitrogen and oxygen atoms in total. The molecule has 1 aromatic heterocycles. The maximum absolute atomic E-state index is 13.5. The van der Waals surface area contributed by atoms with Gasteiger partial charge in [0.1, 0.15) is 5.54 Å². The molecule has 0 aliphatic carbocycles. The van der Waals surface area contributed by atoms with E-state index < -0.39 is 23.3 Å². The second-order valence-corrected chi connectivity index (χ2v) is 6.85. The minimum atomic E-state index is -4.51. The largest absolute Gasteiger partial charge is 0.416 e. The highest BCUT2D eigenvalue weighted by atomic mass is 19.4. The number of nitrogens with zero attached hydrogens (tertiary/aromatic N) is 1. The van der Waals surface area contributed by atoms with Gasteiger partial charge in [-0.15, -0.1) is 0 Å². The van der Waals surface area contributed by atoms with E-state index in [9.17, 15) is 18.0 Å². The van der Waals surface area contributed by atoms with Gasteiger partial charge in [-0.2, -0.15) is 13.2 Å². The molecule has 0 bridgehead atoms. The summed E-state index contributed by atoms with van der Waals surface area (Å²) in [6.45, 7) is 2.14. The summed E-state index contributed by atoms with van der Waals surface area (Å²) >= 11 is 0. The lowest BCUT2D eigenvalue weighted by atomic mass is 9.80. The van der Waals surface area contributed by atoms with Gasteiger partial charge in [-0.25, -0.2) is 4.79 Å². The molecule has 0 aliphatic heterocycles. The molecule has 1 heterocycles. The number of halogens is 3. The van der Waals surface area contributed by atoms with Gasteiger partial charge in [-0.1, -0.05) is 48.5 Å². The lowest BCUT2D eigenvalue weighted by Crippen LogP contribution is -2.52. The maximum Gasteiger partial charge on any atom is 0.416 e. The molecule has 0 radical (unpaired) electrons. The van der Waals surface area contributed by atoms with E-state index in [0.717, 1.165) is 17.7 Å². The zero-order chi connectivity index (χ0) is 21.6. The number of amides is 2. The lowest BCUT2D eigenvalue weighted by molar-refractivity contribution is -0.137. The highest BCUT2D eigenvalue weighted by Gasteiger charge is 2.40. The van der Waals surface area contributed by atoms with Gasteiger partial charge in [0.05, 0.1) is 11.3 Å². The molecule has 156 valence electrons. The normalized spacial score (nSPS) is 13.3. The van der Waals surface area contributed by atoms with E-state index in [0.29, 0.717) is 17.8 Å². The van der Waals surface area contributed by atoms with Crippen LogP contribution in [0.2, 0.25) is 0 Å². The molecule has 0 saturated heterocycles. The van der Waals surface area contributed by atoms with Gasteiger partial charge in [0.15, 0.2) is 0 Å². The second kappa shape index (κ2) is 8.98. The zero-order valence-electron chi connectivity index (χ0n) is 16.4. The Labute approximate surface area is 173 Å². The summed E-state index contributed by atoms with van der Waals surface area (Å²) in [6.07, 6.45) is -2.73. The minimum absolute atomic E-state index is 0.225. The van der Waals surface area contributed by atoms with Crippen molar-refractivity contribution in [1.29, 1.82) is 0 Å². The Morgan fingerprint density at radius 3 is 2.27 bits per heavy atom. The molecule has 2 N–H and O–H groups in total. The third-order valence-corrected chi connectivity index (χ3v) is 4.76. The molecule has 2 aromatic carbocycles. The van der Waals surface area contributed by atoms with E-state index in [1.807, 2.05) is 30.3 Å². The van der Waals surface area contributed by atoms with Crippen LogP contribution in [0.25, 0.3) is 0 Å². The number of aromatic nitrogens is 1. The number of carbonyl (C=O) groups is 1. The molecule has 0 aliphatic rings. The summed E-state index contributed by atoms with van der Waals surface area (Å²) in [6, 6.07) is 19.0. The number of urea groups is 1. The maximum atomic E-state index is 13.5. The van der Waals surface area contributed by atoms with Crippen LogP contribution >= 0.6 is 0 Å². The van der Waals surface area contributed by atoms with E-state index in [4.69, 9.17) is 0 Å². The number of carbonyl (C=O) groups excluding carboxylic acids is 1. The Hall–Kier alpha value is -3.35. The van der Waals surface area contributed by atoms with Crippen LogP contribution in [0.5, 0.6) is 0 Å². The summed E-state index contributed by atoms with van der Waals surface area (Å²) in [5.41, 5.74) is -0.502. The first-order chi connectivity index (χ1) is 14.3. The van der Waals surface area contributed by atoms with Gasteiger partial charge in [0, 0.05) is 19.2 Å². The van der Waals surface area contributed by atoms with Crippen LogP contribution in [0, 0.1) is 0 Å². The number of alkyl halides is 3. The van der Waals surface area contributed by atoms with Gasteiger partial charge in [-0.05, 0) is 42.3 Å². The predicted octanol–water partition coefficient (Wildman–Crippen LogP) is 4.91. The van der Waals surface area contributed by atoms with E-state index in [2.05, 4.69) is 15.6 Å². The number of rotatable bonds is 6. The fourth-order valence-corrected chi connectivity index (χ4v) is 3.40. The van der Waals surface area contributed by atoms with E-state index in [1.165, 1.54) is 6.07 Å². The summed E-state index contributed by atoms with van der Waals surface area (Å²) in [7, 11) is 0. The molecule has 7 heteroatoms. The number of hydrogen-bond acceptors (Lipinski definition) is 2. The molecular weight excluding hydrogens is 391 g/mol. The summed E-state index contributed by atoms with van der Waals surface area (Å²) in [5.74, 6) is 0. The van der Waals surface area contributed by atoms with Crippen molar-refractivity contribution in [2.75, 3.05) is 6.54 Å². The SMILES string of the molecule is CCNC(=O)NC(Cc1ccccc1)(c1cccc(C(F)(F)F)c1)c1ccccn1. The summed E-state index contributed by atoms with van der Waals surface area (Å²) in [5, 5.41) is 5.58. The molecule has 30 heavy (non-hydrogen) atoms. The quantitative estimate of drug-likeness (QED) is 0.604. The van der Waals surface area contributed by atoms with E-state index >= 15 is 0 Å². The van der Waals surface area contributed by atoms with Crippen molar-refractivity contribution in [1.82, 2.24) is 15.6 Å². The molecule has 3 aromatic rings. The number of benzene rings is 2. The van der Waals surface area contributed by atoms with Crippen molar-refractivity contribution in [2.24, 2.45) is 0 Å². The van der Waals surface area contributed by atoms with Gasteiger partial charge < -0.3 is 10.6 Å². The van der Waals surface area contributed by atoms with E-state index in [1.54, 1.807) is 37.4 Å². The first-order valence-electron chi connectivity index (χ1n) is 9.54. The lowest BCUT2D eigenvalue weighted by Gasteiger charge is -2.35. The zero-order valence-corrected chi connectivity index (χ0v) is 16.4. The Balaban J connectivity index is 2.23. The third-order valence-electron chi connectivity index (χ3n) is 4.76. The Bertz CT molecular complexity index is 978. The van der Waals surface area contributed by atoms with Gasteiger partial charge in [0.25, 0.3) is 0 Å². The fourth-order valence-electron chi connectivity index (χ4n) is 3.40. The van der Waals surface area contributed by atoms with Crippen molar-refractivity contribution in [3.05, 3.63) is 101 Å². The van der Waals surface area contributed by atoms with Crippen molar-refractivity contribution in [2.45, 2.75) is 25.1 Å². The second-order valence-electron chi connectivity index (χ2n) is 6.85. The Morgan fingerprint density at radius 1 is 0.933 bits per heavy atom. The first kappa shape index (κ1) is 21.4. The topological polar surface area (TPSA) is 54.0 Å². The molecule has 0 fully saturated rings. The predicted molar refractivity (Wildman–Crippen MR) is 109 cm³/mol. The fraction of sp³-hybridized carbons (Fsp3) is 0.217. The van der Waals surface area contributed by atoms with Crippen LogP contribution in [0.15, 0.2) is 79.0 Å². The highest BCUT2D eigenvalue weighted by molar-refractivity contribution is 5.76. The Morgan fingerprint density at radius 2 is 1.63 bits per heavy atom. The van der Waals surface area contributed by atoms with Crippen molar-refractivity contribution < 1.29 is 18.0 Å². The molecule has 2 amide bonds. The standard InChI is InChI=1S/C23H22F3N3O/c1-2-27-21(30)29-22(20-13-6-7-14-28-20,16-17-9-4-3-5-10-17)18-11-8-12-19(15-18)23(24,25)26/h3-15H,2,16H2,1H3,(H2,27,29,30). The van der Waals surface area contributed by atoms with Gasteiger partial charge in [0.2, 0.25) is 0 Å². The summed E-state index contributed by atoms with van der Waals surface area (Å²) in [4.78, 5) is 17.0. The molecule has 3 rings (SSSR count). The van der Waals surface area contributed by atoms with Crippen molar-refractivity contribution in [3.63, 3.8) is 0 Å². The smallest absolute Gasteiger partial charge is 0.338 e. The number of hydrogen-bond donors (Lipinski definition) is 2. The van der Waals surface area contributed by atoms with Crippen molar-refractivity contribution >= 4 is 6.03 Å². The molecule has 0 saturated carbocycles. The molecular formula is C23H22F3N3O. The molecule has 1 unspecified atom stereocenters. The highest BCUT2D eigenvalue weighted by Crippen LogP contribution is 2.36. The number of nitrogens with one attached hydrogen (secondary N) is 2. The van der Waals surface area contributed by atoms with Gasteiger partial charge >= 0.3 is 12.2 Å². The molecule has 0 spiro atoms. The monoisotopic (exact) mass is 413 g/mol. The van der Waals surface area contributed by atoms with Gasteiger partial charge in [-0.3, -0.25) is 4.98 Å². The first-order valence-corrected chi connectivity index (χ1v) is 9.54. The van der Waals surface area contributed by atoms with Crippen LogP contribution in [-0.4, -0.2) is 17.6 Å². The van der Waals surface area contributed by atoms with Crippen LogP contribution in [0.3, 0.4) is 0 Å².